The molecule has 0 spiro atoms. The first-order valence-corrected chi connectivity index (χ1v) is 4.90. The van der Waals surface area contributed by atoms with Gasteiger partial charge in [0.05, 0.1) is 11.0 Å². The van der Waals surface area contributed by atoms with Crippen LogP contribution in [0, 0.1) is 0 Å². The van der Waals surface area contributed by atoms with E-state index in [0.29, 0.717) is 0 Å². The van der Waals surface area contributed by atoms with Gasteiger partial charge in [0, 0.05) is 7.05 Å². The largest absolute Gasteiger partial charge is 0.326 e. The minimum Gasteiger partial charge on any atom is -0.306 e. The summed E-state index contributed by atoms with van der Waals surface area (Å²) in [5.74, 6) is 0. The molecule has 2 aromatic rings. The van der Waals surface area contributed by atoms with Gasteiger partial charge in [-0.05, 0) is 18.1 Å². The second-order valence-electron chi connectivity index (χ2n) is 3.55. The molecule has 2 rings (SSSR count). The standard InChI is InChI=1S/C11H14N2O/c1-3-5-8-6-4-7-9-10(8)13(2)11(14)12-9/h4,6-7H,3,5H2,1-2H3,(H,12,14). The second kappa shape index (κ2) is 3.33. The van der Waals surface area contributed by atoms with Crippen LogP contribution in [0.2, 0.25) is 0 Å². The number of fused-ring (bicyclic) bond motifs is 1. The van der Waals surface area contributed by atoms with Crippen LogP contribution >= 0.6 is 0 Å². The van der Waals surface area contributed by atoms with Crippen LogP contribution in [0.1, 0.15) is 18.9 Å². The first-order chi connectivity index (χ1) is 6.74. The van der Waals surface area contributed by atoms with Crippen LogP contribution in [0.4, 0.5) is 0 Å². The minimum absolute atomic E-state index is 0.0384. The third-order valence-corrected chi connectivity index (χ3v) is 2.52. The maximum absolute atomic E-state index is 11.4. The van der Waals surface area contributed by atoms with Crippen molar-refractivity contribution in [2.75, 3.05) is 0 Å². The number of hydrogen-bond donors (Lipinski definition) is 1. The SMILES string of the molecule is CCCc1cccc2[nH]c(=O)n(C)c12. The summed E-state index contributed by atoms with van der Waals surface area (Å²) in [4.78, 5) is 14.2. The Labute approximate surface area is 82.4 Å². The highest BCUT2D eigenvalue weighted by molar-refractivity contribution is 5.78. The molecule has 0 saturated carbocycles. The normalized spacial score (nSPS) is 11.0. The van der Waals surface area contributed by atoms with Crippen LogP contribution < -0.4 is 5.69 Å². The molecular weight excluding hydrogens is 176 g/mol. The Balaban J connectivity index is 2.77. The van der Waals surface area contributed by atoms with E-state index in [1.807, 2.05) is 12.1 Å². The molecule has 0 aliphatic heterocycles. The molecule has 1 aromatic heterocycles. The molecule has 14 heavy (non-hydrogen) atoms. The molecule has 1 aromatic carbocycles. The summed E-state index contributed by atoms with van der Waals surface area (Å²) in [6.07, 6.45) is 2.11. The smallest absolute Gasteiger partial charge is 0.306 e. The number of nitrogens with zero attached hydrogens (tertiary/aromatic N) is 1. The average Bonchev–Trinajstić information content (AvgIpc) is 2.45. The van der Waals surface area contributed by atoms with Gasteiger partial charge in [0.25, 0.3) is 0 Å². The quantitative estimate of drug-likeness (QED) is 0.770. The highest BCUT2D eigenvalue weighted by Crippen LogP contribution is 2.16. The van der Waals surface area contributed by atoms with Crippen molar-refractivity contribution in [1.82, 2.24) is 9.55 Å². The fourth-order valence-electron chi connectivity index (χ4n) is 1.86. The molecule has 3 heteroatoms. The number of rotatable bonds is 2. The summed E-state index contributed by atoms with van der Waals surface area (Å²) in [5.41, 5.74) is 3.18. The molecule has 0 atom stereocenters. The molecule has 0 bridgehead atoms. The van der Waals surface area contributed by atoms with Crippen molar-refractivity contribution in [3.8, 4) is 0 Å². The lowest BCUT2D eigenvalue weighted by molar-refractivity contribution is 0.869. The molecule has 1 heterocycles. The predicted octanol–water partition coefficient (Wildman–Crippen LogP) is 1.82. The maximum Gasteiger partial charge on any atom is 0.326 e. The Morgan fingerprint density at radius 1 is 1.43 bits per heavy atom. The van der Waals surface area contributed by atoms with Gasteiger partial charge in [-0.25, -0.2) is 4.79 Å². The van der Waals surface area contributed by atoms with Crippen molar-refractivity contribution in [3.05, 3.63) is 34.2 Å². The van der Waals surface area contributed by atoms with E-state index in [0.717, 1.165) is 23.9 Å². The summed E-state index contributed by atoms with van der Waals surface area (Å²) >= 11 is 0. The van der Waals surface area contributed by atoms with Gasteiger partial charge in [0.1, 0.15) is 0 Å². The molecule has 1 N–H and O–H groups in total. The second-order valence-corrected chi connectivity index (χ2v) is 3.55. The van der Waals surface area contributed by atoms with Crippen LogP contribution in [0.15, 0.2) is 23.0 Å². The third-order valence-electron chi connectivity index (χ3n) is 2.52. The predicted molar refractivity (Wildman–Crippen MR) is 57.5 cm³/mol. The number of hydrogen-bond acceptors (Lipinski definition) is 1. The van der Waals surface area contributed by atoms with Gasteiger partial charge >= 0.3 is 5.69 Å². The summed E-state index contributed by atoms with van der Waals surface area (Å²) in [6.45, 7) is 2.14. The summed E-state index contributed by atoms with van der Waals surface area (Å²) in [5, 5.41) is 0. The van der Waals surface area contributed by atoms with Gasteiger partial charge < -0.3 is 4.98 Å². The molecule has 0 unspecified atom stereocenters. The molecule has 0 fully saturated rings. The summed E-state index contributed by atoms with van der Waals surface area (Å²) in [7, 11) is 1.81. The van der Waals surface area contributed by atoms with Crippen LogP contribution in [0.25, 0.3) is 11.0 Å². The topological polar surface area (TPSA) is 37.8 Å². The van der Waals surface area contributed by atoms with Crippen molar-refractivity contribution in [1.29, 1.82) is 0 Å². The zero-order valence-electron chi connectivity index (χ0n) is 8.50. The van der Waals surface area contributed by atoms with Gasteiger partial charge in [-0.2, -0.15) is 0 Å². The summed E-state index contributed by atoms with van der Waals surface area (Å²) in [6, 6.07) is 6.01. The number of aromatic nitrogens is 2. The van der Waals surface area contributed by atoms with E-state index >= 15 is 0 Å². The van der Waals surface area contributed by atoms with E-state index in [-0.39, 0.29) is 5.69 Å². The Morgan fingerprint density at radius 2 is 2.21 bits per heavy atom. The van der Waals surface area contributed by atoms with Crippen molar-refractivity contribution in [3.63, 3.8) is 0 Å². The fraction of sp³-hybridized carbons (Fsp3) is 0.364. The van der Waals surface area contributed by atoms with Crippen LogP contribution in [-0.4, -0.2) is 9.55 Å². The van der Waals surface area contributed by atoms with E-state index in [1.54, 1.807) is 11.6 Å². The highest BCUT2D eigenvalue weighted by atomic mass is 16.1. The van der Waals surface area contributed by atoms with E-state index < -0.39 is 0 Å². The lowest BCUT2D eigenvalue weighted by Gasteiger charge is -2.02. The average molecular weight is 190 g/mol. The molecule has 74 valence electrons. The van der Waals surface area contributed by atoms with Gasteiger partial charge in [0.2, 0.25) is 0 Å². The molecule has 0 saturated heterocycles. The molecule has 0 radical (unpaired) electrons. The lowest BCUT2D eigenvalue weighted by atomic mass is 10.1. The zero-order valence-corrected chi connectivity index (χ0v) is 8.50. The van der Waals surface area contributed by atoms with Gasteiger partial charge in [0.15, 0.2) is 0 Å². The number of aryl methyl sites for hydroxylation is 2. The van der Waals surface area contributed by atoms with Crippen LogP contribution in [0.5, 0.6) is 0 Å². The van der Waals surface area contributed by atoms with E-state index in [4.69, 9.17) is 0 Å². The van der Waals surface area contributed by atoms with Gasteiger partial charge in [-0.15, -0.1) is 0 Å². The molecular formula is C11H14N2O. The number of nitrogens with one attached hydrogen (secondary N) is 1. The molecule has 3 nitrogen and oxygen atoms in total. The van der Waals surface area contributed by atoms with Crippen LogP contribution in [-0.2, 0) is 13.5 Å². The number of aromatic amines is 1. The van der Waals surface area contributed by atoms with Crippen molar-refractivity contribution in [2.45, 2.75) is 19.8 Å². The first-order valence-electron chi connectivity index (χ1n) is 4.90. The third kappa shape index (κ3) is 1.25. The van der Waals surface area contributed by atoms with Gasteiger partial charge in [-0.3, -0.25) is 4.57 Å². The number of imidazole rings is 1. The van der Waals surface area contributed by atoms with E-state index in [9.17, 15) is 4.79 Å². The highest BCUT2D eigenvalue weighted by Gasteiger charge is 2.06. The Hall–Kier alpha value is -1.51. The van der Waals surface area contributed by atoms with E-state index in [1.165, 1.54) is 5.56 Å². The minimum atomic E-state index is -0.0384. The first kappa shape index (κ1) is 9.06. The van der Waals surface area contributed by atoms with Crippen LogP contribution in [0.3, 0.4) is 0 Å². The zero-order chi connectivity index (χ0) is 10.1. The monoisotopic (exact) mass is 190 g/mol. The Kier molecular flexibility index (Phi) is 2.15. The molecule has 0 amide bonds. The summed E-state index contributed by atoms with van der Waals surface area (Å²) < 4.78 is 1.68. The van der Waals surface area contributed by atoms with Crippen molar-refractivity contribution >= 4 is 11.0 Å². The maximum atomic E-state index is 11.4. The molecule has 0 aliphatic carbocycles. The fourth-order valence-corrected chi connectivity index (χ4v) is 1.86. The number of benzene rings is 1. The lowest BCUT2D eigenvalue weighted by Crippen LogP contribution is -2.12. The molecule has 0 aliphatic rings. The number of para-hydroxylation sites is 1. The van der Waals surface area contributed by atoms with Crippen molar-refractivity contribution < 1.29 is 0 Å². The van der Waals surface area contributed by atoms with Crippen molar-refractivity contribution in [2.24, 2.45) is 7.05 Å². The van der Waals surface area contributed by atoms with E-state index in [2.05, 4.69) is 18.0 Å². The Morgan fingerprint density at radius 3 is 2.93 bits per heavy atom. The Bertz CT molecular complexity index is 507. The van der Waals surface area contributed by atoms with Gasteiger partial charge in [-0.1, -0.05) is 25.5 Å². The number of H-pyrrole nitrogens is 1.